The minimum atomic E-state index is -1.00. The summed E-state index contributed by atoms with van der Waals surface area (Å²) in [7, 11) is 0. The molecule has 1 aliphatic heterocycles. The van der Waals surface area contributed by atoms with Crippen molar-refractivity contribution in [1.29, 1.82) is 0 Å². The predicted octanol–water partition coefficient (Wildman–Crippen LogP) is 4.13. The minimum absolute atomic E-state index is 0.0876. The highest BCUT2D eigenvalue weighted by molar-refractivity contribution is 8.15. The van der Waals surface area contributed by atoms with Crippen molar-refractivity contribution in [2.45, 2.75) is 31.1 Å². The van der Waals surface area contributed by atoms with Gasteiger partial charge < -0.3 is 5.73 Å². The molecule has 2 aliphatic rings. The third-order valence-electron chi connectivity index (χ3n) is 5.45. The molecule has 2 aromatic rings. The largest absolute Gasteiger partial charge is 0.330 e. The van der Waals surface area contributed by atoms with Crippen molar-refractivity contribution in [1.82, 2.24) is 5.01 Å². The number of hydrazone groups is 1. The molecule has 1 heterocycles. The van der Waals surface area contributed by atoms with Gasteiger partial charge in [-0.05, 0) is 67.1 Å². The summed E-state index contributed by atoms with van der Waals surface area (Å²) in [6.07, 6.45) is 2.08. The second-order valence-electron chi connectivity index (χ2n) is 7.31. The van der Waals surface area contributed by atoms with Crippen LogP contribution in [0.25, 0.3) is 0 Å². The monoisotopic (exact) mass is 419 g/mol. The first-order valence-corrected chi connectivity index (χ1v) is 10.2. The number of halogens is 3. The summed E-state index contributed by atoms with van der Waals surface area (Å²) in [4.78, 5) is 11.6. The molecule has 2 atom stereocenters. The van der Waals surface area contributed by atoms with Crippen LogP contribution < -0.4 is 5.73 Å². The van der Waals surface area contributed by atoms with Crippen LogP contribution >= 0.6 is 11.8 Å². The van der Waals surface area contributed by atoms with E-state index < -0.39 is 22.3 Å². The summed E-state index contributed by atoms with van der Waals surface area (Å²) in [5.41, 5.74) is 7.68. The molecular weight excluding hydrogens is 399 g/mol. The van der Waals surface area contributed by atoms with E-state index in [0.717, 1.165) is 24.5 Å². The van der Waals surface area contributed by atoms with Crippen molar-refractivity contribution in [3.63, 3.8) is 0 Å². The number of benzene rings is 2. The van der Waals surface area contributed by atoms with Crippen LogP contribution in [0.1, 0.15) is 36.5 Å². The number of fused-ring (bicyclic) bond motifs is 2. The lowest BCUT2D eigenvalue weighted by atomic mass is 9.77. The molecule has 0 fully saturated rings. The van der Waals surface area contributed by atoms with Crippen molar-refractivity contribution >= 4 is 22.7 Å². The first-order chi connectivity index (χ1) is 13.8. The van der Waals surface area contributed by atoms with E-state index in [9.17, 15) is 18.0 Å². The van der Waals surface area contributed by atoms with Crippen molar-refractivity contribution in [3.8, 4) is 0 Å². The van der Waals surface area contributed by atoms with Gasteiger partial charge >= 0.3 is 0 Å². The van der Waals surface area contributed by atoms with Crippen molar-refractivity contribution < 1.29 is 18.0 Å². The van der Waals surface area contributed by atoms with E-state index in [0.29, 0.717) is 23.6 Å². The fraction of sp³-hybridized carbons (Fsp3) is 0.333. The Bertz CT molecular complexity index is 992. The van der Waals surface area contributed by atoms with Crippen LogP contribution in [-0.2, 0) is 16.1 Å². The summed E-state index contributed by atoms with van der Waals surface area (Å²) in [5.74, 6) is -2.29. The minimum Gasteiger partial charge on any atom is -0.330 e. The maximum absolute atomic E-state index is 14.2. The van der Waals surface area contributed by atoms with Gasteiger partial charge in [0.2, 0.25) is 5.91 Å². The highest BCUT2D eigenvalue weighted by atomic mass is 32.2. The predicted molar refractivity (Wildman–Crippen MR) is 107 cm³/mol. The molecule has 0 saturated carbocycles. The van der Waals surface area contributed by atoms with Crippen LogP contribution in [0.3, 0.4) is 0 Å². The van der Waals surface area contributed by atoms with E-state index in [1.807, 2.05) is 0 Å². The van der Waals surface area contributed by atoms with E-state index in [1.54, 1.807) is 6.07 Å². The Morgan fingerprint density at radius 1 is 1.21 bits per heavy atom. The van der Waals surface area contributed by atoms with E-state index in [2.05, 4.69) is 5.10 Å². The fourth-order valence-corrected chi connectivity index (χ4v) is 5.90. The molecule has 0 saturated heterocycles. The van der Waals surface area contributed by atoms with E-state index in [-0.39, 0.29) is 17.4 Å². The third kappa shape index (κ3) is 3.34. The molecule has 0 unspecified atom stereocenters. The number of rotatable bonds is 3. The van der Waals surface area contributed by atoms with Crippen LogP contribution in [0.4, 0.5) is 13.2 Å². The van der Waals surface area contributed by atoms with Gasteiger partial charge in [0.1, 0.15) is 27.4 Å². The number of aryl methyl sites for hydroxylation is 1. The maximum Gasteiger partial charge on any atom is 0.241 e. The van der Waals surface area contributed by atoms with Gasteiger partial charge in [0, 0.05) is 18.6 Å². The molecule has 1 spiro atoms. The third-order valence-corrected chi connectivity index (χ3v) is 7.00. The first kappa shape index (κ1) is 20.0. The van der Waals surface area contributed by atoms with Gasteiger partial charge in [0.25, 0.3) is 0 Å². The first-order valence-electron chi connectivity index (χ1n) is 9.39. The van der Waals surface area contributed by atoms with Gasteiger partial charge in [-0.3, -0.25) is 4.79 Å². The van der Waals surface area contributed by atoms with Gasteiger partial charge in [-0.15, -0.1) is 0 Å². The smallest absolute Gasteiger partial charge is 0.241 e. The Kier molecular flexibility index (Phi) is 5.16. The summed E-state index contributed by atoms with van der Waals surface area (Å²) >= 11 is 1.24. The van der Waals surface area contributed by atoms with Crippen LogP contribution in [0.2, 0.25) is 0 Å². The number of amides is 1. The van der Waals surface area contributed by atoms with Crippen molar-refractivity contribution in [2.24, 2.45) is 16.8 Å². The van der Waals surface area contributed by atoms with Gasteiger partial charge in [0.05, 0.1) is 0 Å². The number of thioether (sulfide) groups is 1. The van der Waals surface area contributed by atoms with E-state index in [4.69, 9.17) is 5.73 Å². The fourth-order valence-electron chi connectivity index (χ4n) is 4.29. The molecule has 29 heavy (non-hydrogen) atoms. The summed E-state index contributed by atoms with van der Waals surface area (Å²) in [6, 6.07) is 7.70. The number of carbonyl (C=O) groups excluding carboxylic acids is 1. The van der Waals surface area contributed by atoms with Gasteiger partial charge in [-0.1, -0.05) is 17.8 Å². The topological polar surface area (TPSA) is 58.7 Å². The molecule has 2 N–H and O–H groups in total. The Morgan fingerprint density at radius 3 is 2.59 bits per heavy atom. The quantitative estimate of drug-likeness (QED) is 0.814. The molecule has 1 amide bonds. The number of nitrogens with zero attached hydrogens (tertiary/aromatic N) is 2. The molecular formula is C21H20F3N3OS. The van der Waals surface area contributed by atoms with E-state index >= 15 is 0 Å². The lowest BCUT2D eigenvalue weighted by Crippen LogP contribution is -2.49. The number of carbonyl (C=O) groups is 1. The number of hydrogen-bond donors (Lipinski definition) is 1. The molecule has 4 nitrogen and oxygen atoms in total. The van der Waals surface area contributed by atoms with Crippen molar-refractivity contribution in [2.75, 3.05) is 6.54 Å². The standard InChI is InChI=1S/C21H20F3N3OS/c1-12(28)27-21(29-20(26-27)14-8-17(23)10-18(24)9-14)15(6-7-25)4-2-13-3-5-16(22)11-19(13)21/h3,5,8-11,15H,2,4,6-7,25H2,1H3/t15-,21-/m0/s1. The molecule has 1 aliphatic carbocycles. The Morgan fingerprint density at radius 2 is 1.93 bits per heavy atom. The second kappa shape index (κ2) is 7.50. The molecule has 0 bridgehead atoms. The normalized spacial score (nSPS) is 23.3. The lowest BCUT2D eigenvalue weighted by molar-refractivity contribution is -0.134. The molecule has 0 aromatic heterocycles. The van der Waals surface area contributed by atoms with Gasteiger partial charge in [-0.2, -0.15) is 5.10 Å². The van der Waals surface area contributed by atoms with Crippen LogP contribution in [0.5, 0.6) is 0 Å². The lowest BCUT2D eigenvalue weighted by Gasteiger charge is -2.45. The zero-order valence-electron chi connectivity index (χ0n) is 15.8. The summed E-state index contributed by atoms with van der Waals surface area (Å²) < 4.78 is 41.8. The average molecular weight is 419 g/mol. The maximum atomic E-state index is 14.2. The Labute approximate surface area is 171 Å². The molecule has 0 radical (unpaired) electrons. The van der Waals surface area contributed by atoms with Crippen molar-refractivity contribution in [3.05, 3.63) is 70.5 Å². The molecule has 8 heteroatoms. The van der Waals surface area contributed by atoms with Crippen LogP contribution in [-0.4, -0.2) is 22.5 Å². The average Bonchev–Trinajstić information content (AvgIpc) is 3.06. The van der Waals surface area contributed by atoms with Gasteiger partial charge in [0.15, 0.2) is 0 Å². The second-order valence-corrected chi connectivity index (χ2v) is 8.52. The summed E-state index contributed by atoms with van der Waals surface area (Å²) in [6.45, 7) is 1.78. The highest BCUT2D eigenvalue weighted by Gasteiger charge is 2.55. The van der Waals surface area contributed by atoms with Crippen LogP contribution in [0, 0.1) is 23.4 Å². The Hall–Kier alpha value is -2.32. The molecule has 152 valence electrons. The summed E-state index contributed by atoms with van der Waals surface area (Å²) in [5, 5.41) is 6.10. The van der Waals surface area contributed by atoms with Crippen LogP contribution in [0.15, 0.2) is 41.5 Å². The molecule has 2 aromatic carbocycles. The SMILES string of the molecule is CC(=O)N1N=C(c2cc(F)cc(F)c2)S[C@@]12c1cc(F)ccc1CC[C@H]2CCN. The van der Waals surface area contributed by atoms with Gasteiger partial charge in [-0.25, -0.2) is 18.2 Å². The van der Waals surface area contributed by atoms with E-state index in [1.165, 1.54) is 48.0 Å². The number of nitrogens with two attached hydrogens (primary N) is 1. The highest BCUT2D eigenvalue weighted by Crippen LogP contribution is 2.57. The zero-order chi connectivity index (χ0) is 20.8. The zero-order valence-corrected chi connectivity index (χ0v) is 16.6. The molecule has 4 rings (SSSR count). The Balaban J connectivity index is 1.90. The number of hydrogen-bond acceptors (Lipinski definition) is 4.